The van der Waals surface area contributed by atoms with E-state index in [2.05, 4.69) is 14.6 Å². The second-order valence-corrected chi connectivity index (χ2v) is 7.21. The number of sulfonamides is 1. The molecule has 0 aliphatic heterocycles. The fourth-order valence-corrected chi connectivity index (χ4v) is 3.27. The van der Waals surface area contributed by atoms with Gasteiger partial charge in [-0.15, -0.1) is 13.2 Å². The SMILES string of the molecule is Cc1cc(NS(=O)(=O)c2ccc(-c3ccc(OC(F)(F)F)cc3)cc2)no1. The van der Waals surface area contributed by atoms with Crippen molar-refractivity contribution in [1.82, 2.24) is 5.16 Å². The number of aryl methyl sites for hydroxylation is 1. The van der Waals surface area contributed by atoms with Crippen LogP contribution in [0.15, 0.2) is 64.0 Å². The molecule has 1 aromatic heterocycles. The van der Waals surface area contributed by atoms with Gasteiger partial charge in [0.25, 0.3) is 10.0 Å². The summed E-state index contributed by atoms with van der Waals surface area (Å²) < 4.78 is 72.1. The van der Waals surface area contributed by atoms with Gasteiger partial charge in [0.1, 0.15) is 11.5 Å². The Hall–Kier alpha value is -3.01. The zero-order valence-electron chi connectivity index (χ0n) is 13.8. The summed E-state index contributed by atoms with van der Waals surface area (Å²) in [6.07, 6.45) is -4.76. The first-order chi connectivity index (χ1) is 12.6. The summed E-state index contributed by atoms with van der Waals surface area (Å²) in [5.41, 5.74) is 1.23. The maximum Gasteiger partial charge on any atom is 0.573 e. The van der Waals surface area contributed by atoms with Crippen LogP contribution in [0.5, 0.6) is 5.75 Å². The van der Waals surface area contributed by atoms with Gasteiger partial charge in [-0.05, 0) is 42.3 Å². The Morgan fingerprint density at radius 3 is 2.04 bits per heavy atom. The number of hydrogen-bond acceptors (Lipinski definition) is 5. The molecule has 0 saturated carbocycles. The number of ether oxygens (including phenoxy) is 1. The molecule has 6 nitrogen and oxygen atoms in total. The van der Waals surface area contributed by atoms with Crippen molar-refractivity contribution in [3.8, 4) is 16.9 Å². The molecule has 2 aromatic carbocycles. The molecule has 0 atom stereocenters. The lowest BCUT2D eigenvalue weighted by Crippen LogP contribution is -2.16. The first-order valence-corrected chi connectivity index (χ1v) is 9.03. The molecule has 3 rings (SSSR count). The third kappa shape index (κ3) is 4.79. The highest BCUT2D eigenvalue weighted by molar-refractivity contribution is 7.92. The molecule has 0 radical (unpaired) electrons. The summed E-state index contributed by atoms with van der Waals surface area (Å²) in [5.74, 6) is 0.190. The minimum atomic E-state index is -4.76. The fraction of sp³-hybridized carbons (Fsp3) is 0.118. The average molecular weight is 398 g/mol. The van der Waals surface area contributed by atoms with Crippen molar-refractivity contribution in [3.63, 3.8) is 0 Å². The van der Waals surface area contributed by atoms with Crippen molar-refractivity contribution < 1.29 is 30.8 Å². The van der Waals surface area contributed by atoms with Gasteiger partial charge in [-0.2, -0.15) is 0 Å². The van der Waals surface area contributed by atoms with Gasteiger partial charge in [0, 0.05) is 6.07 Å². The highest BCUT2D eigenvalue weighted by Crippen LogP contribution is 2.27. The number of nitrogens with one attached hydrogen (secondary N) is 1. The predicted molar refractivity (Wildman–Crippen MR) is 90.6 cm³/mol. The van der Waals surface area contributed by atoms with E-state index >= 15 is 0 Å². The zero-order valence-corrected chi connectivity index (χ0v) is 14.6. The van der Waals surface area contributed by atoms with E-state index in [1.54, 1.807) is 19.1 Å². The first kappa shape index (κ1) is 18.8. The summed E-state index contributed by atoms with van der Waals surface area (Å²) >= 11 is 0. The molecule has 0 spiro atoms. The Morgan fingerprint density at radius 1 is 1.00 bits per heavy atom. The lowest BCUT2D eigenvalue weighted by molar-refractivity contribution is -0.274. The van der Waals surface area contributed by atoms with Crippen LogP contribution in [0, 0.1) is 6.92 Å². The van der Waals surface area contributed by atoms with Gasteiger partial charge in [-0.3, -0.25) is 4.72 Å². The third-order valence-corrected chi connectivity index (χ3v) is 4.82. The topological polar surface area (TPSA) is 81.4 Å². The summed E-state index contributed by atoms with van der Waals surface area (Å²) in [6.45, 7) is 1.63. The maximum absolute atomic E-state index is 12.3. The van der Waals surface area contributed by atoms with Crippen LogP contribution in [0.4, 0.5) is 19.0 Å². The molecule has 3 aromatic rings. The number of hydrogen-bond donors (Lipinski definition) is 1. The average Bonchev–Trinajstić information content (AvgIpc) is 2.98. The highest BCUT2D eigenvalue weighted by Gasteiger charge is 2.30. The highest BCUT2D eigenvalue weighted by atomic mass is 32.2. The quantitative estimate of drug-likeness (QED) is 0.691. The predicted octanol–water partition coefficient (Wildman–Crippen LogP) is 4.35. The van der Waals surface area contributed by atoms with Crippen LogP contribution in [0.2, 0.25) is 0 Å². The van der Waals surface area contributed by atoms with Crippen LogP contribution in [0.3, 0.4) is 0 Å². The number of nitrogens with zero attached hydrogens (tertiary/aromatic N) is 1. The van der Waals surface area contributed by atoms with Crippen LogP contribution in [-0.2, 0) is 10.0 Å². The van der Waals surface area contributed by atoms with E-state index in [1.165, 1.54) is 42.5 Å². The molecule has 10 heteroatoms. The Balaban J connectivity index is 1.76. The van der Waals surface area contributed by atoms with Crippen LogP contribution < -0.4 is 9.46 Å². The molecule has 1 N–H and O–H groups in total. The molecule has 0 unspecified atom stereocenters. The molecule has 0 aliphatic carbocycles. The van der Waals surface area contributed by atoms with Crippen molar-refractivity contribution in [2.75, 3.05) is 4.72 Å². The molecule has 0 aliphatic rings. The Morgan fingerprint density at radius 2 is 1.56 bits per heavy atom. The van der Waals surface area contributed by atoms with E-state index in [0.29, 0.717) is 16.9 Å². The lowest BCUT2D eigenvalue weighted by atomic mass is 10.1. The van der Waals surface area contributed by atoms with E-state index < -0.39 is 16.4 Å². The Bertz CT molecular complexity index is 1030. The van der Waals surface area contributed by atoms with Crippen molar-refractivity contribution in [3.05, 3.63) is 60.4 Å². The molecule has 1 heterocycles. The van der Waals surface area contributed by atoms with Crippen LogP contribution in [0.25, 0.3) is 11.1 Å². The van der Waals surface area contributed by atoms with Crippen LogP contribution >= 0.6 is 0 Å². The van der Waals surface area contributed by atoms with E-state index in [9.17, 15) is 21.6 Å². The van der Waals surface area contributed by atoms with Crippen molar-refractivity contribution in [1.29, 1.82) is 0 Å². The minimum absolute atomic E-state index is 0.00364. The summed E-state index contributed by atoms with van der Waals surface area (Å²) in [6, 6.07) is 12.5. The second kappa shape index (κ2) is 6.95. The Labute approximate surface area is 152 Å². The van der Waals surface area contributed by atoms with Gasteiger partial charge in [-0.25, -0.2) is 8.42 Å². The monoisotopic (exact) mass is 398 g/mol. The second-order valence-electron chi connectivity index (χ2n) is 5.52. The number of rotatable bonds is 5. The number of halogens is 3. The van der Waals surface area contributed by atoms with E-state index in [0.717, 1.165) is 0 Å². The summed E-state index contributed by atoms with van der Waals surface area (Å²) in [5, 5.41) is 3.57. The van der Waals surface area contributed by atoms with Crippen molar-refractivity contribution in [2.45, 2.75) is 18.2 Å². The van der Waals surface area contributed by atoms with Crippen LogP contribution in [0.1, 0.15) is 5.76 Å². The van der Waals surface area contributed by atoms with Crippen LogP contribution in [-0.4, -0.2) is 19.9 Å². The van der Waals surface area contributed by atoms with Gasteiger partial charge in [-0.1, -0.05) is 29.4 Å². The molecular formula is C17H13F3N2O4S. The molecular weight excluding hydrogens is 385 g/mol. The van der Waals surface area contributed by atoms with E-state index in [-0.39, 0.29) is 16.5 Å². The van der Waals surface area contributed by atoms with Gasteiger partial charge in [0.2, 0.25) is 0 Å². The summed E-state index contributed by atoms with van der Waals surface area (Å²) in [7, 11) is -3.84. The lowest BCUT2D eigenvalue weighted by Gasteiger charge is -2.10. The standard InChI is InChI=1S/C17H13F3N2O4S/c1-11-10-16(21-26-11)22-27(23,24)15-8-4-13(5-9-15)12-2-6-14(7-3-12)25-17(18,19)20/h2-10H,1H3,(H,21,22). The molecule has 27 heavy (non-hydrogen) atoms. The van der Waals surface area contributed by atoms with Gasteiger partial charge in [0.05, 0.1) is 4.90 Å². The molecule has 0 bridgehead atoms. The zero-order chi connectivity index (χ0) is 19.7. The number of alkyl halides is 3. The first-order valence-electron chi connectivity index (χ1n) is 7.55. The van der Waals surface area contributed by atoms with E-state index in [1.807, 2.05) is 0 Å². The van der Waals surface area contributed by atoms with E-state index in [4.69, 9.17) is 4.52 Å². The molecule has 0 fully saturated rings. The number of anilines is 1. The van der Waals surface area contributed by atoms with Gasteiger partial charge >= 0.3 is 6.36 Å². The molecule has 0 saturated heterocycles. The van der Waals surface area contributed by atoms with Gasteiger partial charge < -0.3 is 9.26 Å². The Kier molecular flexibility index (Phi) is 4.83. The van der Waals surface area contributed by atoms with Crippen molar-refractivity contribution >= 4 is 15.8 Å². The normalized spacial score (nSPS) is 12.0. The fourth-order valence-electron chi connectivity index (χ4n) is 2.29. The van der Waals surface area contributed by atoms with Gasteiger partial charge in [0.15, 0.2) is 5.82 Å². The molecule has 142 valence electrons. The molecule has 0 amide bonds. The third-order valence-electron chi connectivity index (χ3n) is 3.45. The smallest absolute Gasteiger partial charge is 0.406 e. The maximum atomic E-state index is 12.3. The largest absolute Gasteiger partial charge is 0.573 e. The van der Waals surface area contributed by atoms with Crippen molar-refractivity contribution in [2.24, 2.45) is 0 Å². The minimum Gasteiger partial charge on any atom is -0.406 e. The summed E-state index contributed by atoms with van der Waals surface area (Å²) in [4.78, 5) is 0.00364. The number of aromatic nitrogens is 1. The number of benzene rings is 2.